The van der Waals surface area contributed by atoms with Gasteiger partial charge in [0.15, 0.2) is 5.65 Å². The van der Waals surface area contributed by atoms with Crippen LogP contribution in [0.3, 0.4) is 0 Å². The number of hydrogen-bond donors (Lipinski definition) is 0. The lowest BCUT2D eigenvalue weighted by atomic mass is 10.1. The molecule has 0 unspecified atom stereocenters. The Labute approximate surface area is 115 Å². The first-order valence-corrected chi connectivity index (χ1v) is 6.69. The minimum Gasteiger partial charge on any atom is -0.237 e. The zero-order chi connectivity index (χ0) is 13.7. The van der Waals surface area contributed by atoms with Crippen molar-refractivity contribution in [3.8, 4) is 11.3 Å². The molecular formula is C15H13FN4. The average molecular weight is 268 g/mol. The predicted octanol–water partition coefficient (Wildman–Crippen LogP) is 3.12. The highest BCUT2D eigenvalue weighted by Gasteiger charge is 2.26. The molecule has 0 aliphatic heterocycles. The van der Waals surface area contributed by atoms with Gasteiger partial charge in [-0.2, -0.15) is 9.49 Å². The third kappa shape index (κ3) is 1.78. The average Bonchev–Trinajstić information content (AvgIpc) is 3.20. The van der Waals surface area contributed by atoms with Gasteiger partial charge in [-0.15, -0.1) is 0 Å². The molecule has 0 atom stereocenters. The lowest BCUT2D eigenvalue weighted by Gasteiger charge is -2.05. The summed E-state index contributed by atoms with van der Waals surface area (Å²) in [5, 5.41) is 4.64. The lowest BCUT2D eigenvalue weighted by Crippen LogP contribution is -1.98. The van der Waals surface area contributed by atoms with Gasteiger partial charge in [0.05, 0.1) is 11.4 Å². The van der Waals surface area contributed by atoms with E-state index in [0.717, 1.165) is 22.6 Å². The van der Waals surface area contributed by atoms with E-state index in [0.29, 0.717) is 11.5 Å². The molecule has 0 bridgehead atoms. The number of aryl methyl sites for hydroxylation is 1. The quantitative estimate of drug-likeness (QED) is 0.671. The number of fused-ring (bicyclic) bond motifs is 1. The van der Waals surface area contributed by atoms with E-state index < -0.39 is 5.95 Å². The van der Waals surface area contributed by atoms with Crippen molar-refractivity contribution in [2.75, 3.05) is 0 Å². The molecule has 1 aliphatic rings. The van der Waals surface area contributed by atoms with Crippen molar-refractivity contribution in [3.05, 3.63) is 47.8 Å². The van der Waals surface area contributed by atoms with Crippen LogP contribution >= 0.6 is 0 Å². The molecule has 3 aromatic rings. The second-order valence-corrected chi connectivity index (χ2v) is 5.28. The Balaban J connectivity index is 1.91. The molecule has 4 rings (SSSR count). The van der Waals surface area contributed by atoms with E-state index in [1.165, 1.54) is 19.0 Å². The third-order valence-electron chi connectivity index (χ3n) is 3.68. The van der Waals surface area contributed by atoms with Gasteiger partial charge in [-0.05, 0) is 31.9 Å². The highest BCUT2D eigenvalue weighted by molar-refractivity contribution is 5.62. The standard InChI is InChI=1S/C15H13FN4/c1-9-6-11(8-18-15(9)16)13-4-5-17-14-7-12(10-2-3-10)19-20(13)14/h4-8,10H,2-3H2,1H3. The second-order valence-electron chi connectivity index (χ2n) is 5.28. The van der Waals surface area contributed by atoms with Gasteiger partial charge < -0.3 is 0 Å². The number of rotatable bonds is 2. The van der Waals surface area contributed by atoms with Crippen LogP contribution in [0.1, 0.15) is 30.0 Å². The van der Waals surface area contributed by atoms with Gasteiger partial charge in [0.25, 0.3) is 0 Å². The Kier molecular flexibility index (Phi) is 2.36. The van der Waals surface area contributed by atoms with Crippen molar-refractivity contribution in [1.82, 2.24) is 19.6 Å². The van der Waals surface area contributed by atoms with Crippen molar-refractivity contribution in [2.24, 2.45) is 0 Å². The summed E-state index contributed by atoms with van der Waals surface area (Å²) in [6.45, 7) is 1.71. The van der Waals surface area contributed by atoms with E-state index >= 15 is 0 Å². The molecule has 0 saturated heterocycles. The fraction of sp³-hybridized carbons (Fsp3) is 0.267. The second kappa shape index (κ2) is 4.10. The Morgan fingerprint density at radius 3 is 2.85 bits per heavy atom. The molecule has 0 N–H and O–H groups in total. The highest BCUT2D eigenvalue weighted by Crippen LogP contribution is 2.39. The molecule has 1 saturated carbocycles. The molecule has 3 aromatic heterocycles. The van der Waals surface area contributed by atoms with E-state index in [1.54, 1.807) is 19.2 Å². The Morgan fingerprint density at radius 1 is 1.25 bits per heavy atom. The zero-order valence-electron chi connectivity index (χ0n) is 11.0. The van der Waals surface area contributed by atoms with Crippen LogP contribution in [0.15, 0.2) is 30.6 Å². The molecule has 1 aliphatic carbocycles. The first kappa shape index (κ1) is 11.5. The van der Waals surface area contributed by atoms with Crippen LogP contribution < -0.4 is 0 Å². The first-order chi connectivity index (χ1) is 9.72. The van der Waals surface area contributed by atoms with E-state index in [1.807, 2.05) is 16.6 Å². The minimum absolute atomic E-state index is 0.432. The van der Waals surface area contributed by atoms with Crippen LogP contribution in [-0.2, 0) is 0 Å². The summed E-state index contributed by atoms with van der Waals surface area (Å²) in [5.41, 5.74) is 4.18. The van der Waals surface area contributed by atoms with Crippen molar-refractivity contribution in [1.29, 1.82) is 0 Å². The molecule has 1 fully saturated rings. The molecule has 3 heterocycles. The zero-order valence-corrected chi connectivity index (χ0v) is 11.0. The SMILES string of the molecule is Cc1cc(-c2ccnc3cc(C4CC4)nn23)cnc1F. The van der Waals surface area contributed by atoms with E-state index in [2.05, 4.69) is 15.1 Å². The number of hydrogen-bond acceptors (Lipinski definition) is 3. The van der Waals surface area contributed by atoms with Crippen LogP contribution in [0.2, 0.25) is 0 Å². The van der Waals surface area contributed by atoms with Crippen LogP contribution in [0.4, 0.5) is 4.39 Å². The molecule has 5 heteroatoms. The van der Waals surface area contributed by atoms with Crippen LogP contribution in [0.5, 0.6) is 0 Å². The Bertz CT molecular complexity index is 805. The maximum atomic E-state index is 13.3. The molecule has 100 valence electrons. The smallest absolute Gasteiger partial charge is 0.215 e. The highest BCUT2D eigenvalue weighted by atomic mass is 19.1. The summed E-state index contributed by atoms with van der Waals surface area (Å²) in [7, 11) is 0. The van der Waals surface area contributed by atoms with E-state index in [-0.39, 0.29) is 0 Å². The summed E-state index contributed by atoms with van der Waals surface area (Å²) < 4.78 is 15.1. The number of pyridine rings is 1. The van der Waals surface area contributed by atoms with Crippen molar-refractivity contribution < 1.29 is 4.39 Å². The predicted molar refractivity (Wildman–Crippen MR) is 72.9 cm³/mol. The Morgan fingerprint density at radius 2 is 2.10 bits per heavy atom. The fourth-order valence-electron chi connectivity index (χ4n) is 2.41. The normalized spacial score (nSPS) is 14.9. The molecule has 0 aromatic carbocycles. The van der Waals surface area contributed by atoms with Crippen LogP contribution in [0, 0.1) is 12.9 Å². The summed E-state index contributed by atoms with van der Waals surface area (Å²) in [6.07, 6.45) is 5.70. The number of halogens is 1. The van der Waals surface area contributed by atoms with Crippen molar-refractivity contribution >= 4 is 5.65 Å². The summed E-state index contributed by atoms with van der Waals surface area (Å²) >= 11 is 0. The molecule has 4 nitrogen and oxygen atoms in total. The van der Waals surface area contributed by atoms with E-state index in [4.69, 9.17) is 0 Å². The summed E-state index contributed by atoms with van der Waals surface area (Å²) in [4.78, 5) is 8.13. The van der Waals surface area contributed by atoms with Gasteiger partial charge in [-0.25, -0.2) is 14.5 Å². The molecular weight excluding hydrogens is 255 g/mol. The van der Waals surface area contributed by atoms with Crippen molar-refractivity contribution in [2.45, 2.75) is 25.7 Å². The topological polar surface area (TPSA) is 43.1 Å². The number of nitrogens with zero attached hydrogens (tertiary/aromatic N) is 4. The molecule has 20 heavy (non-hydrogen) atoms. The van der Waals surface area contributed by atoms with Gasteiger partial charge in [-0.1, -0.05) is 0 Å². The van der Waals surface area contributed by atoms with Crippen LogP contribution in [0.25, 0.3) is 16.9 Å². The van der Waals surface area contributed by atoms with Gasteiger partial charge >= 0.3 is 0 Å². The minimum atomic E-state index is -0.432. The van der Waals surface area contributed by atoms with Gasteiger partial charge in [-0.3, -0.25) is 0 Å². The van der Waals surface area contributed by atoms with E-state index in [9.17, 15) is 4.39 Å². The monoisotopic (exact) mass is 268 g/mol. The van der Waals surface area contributed by atoms with Gasteiger partial charge in [0.2, 0.25) is 5.95 Å². The number of aromatic nitrogens is 4. The maximum Gasteiger partial charge on any atom is 0.215 e. The van der Waals surface area contributed by atoms with Gasteiger partial charge in [0, 0.05) is 35.5 Å². The third-order valence-corrected chi connectivity index (χ3v) is 3.68. The fourth-order valence-corrected chi connectivity index (χ4v) is 2.41. The van der Waals surface area contributed by atoms with Gasteiger partial charge in [0.1, 0.15) is 0 Å². The first-order valence-electron chi connectivity index (χ1n) is 6.69. The van der Waals surface area contributed by atoms with Crippen LogP contribution in [-0.4, -0.2) is 19.6 Å². The summed E-state index contributed by atoms with van der Waals surface area (Å²) in [5.74, 6) is 0.149. The van der Waals surface area contributed by atoms with Crippen molar-refractivity contribution in [3.63, 3.8) is 0 Å². The molecule has 0 spiro atoms. The molecule has 0 amide bonds. The largest absolute Gasteiger partial charge is 0.237 e. The lowest BCUT2D eigenvalue weighted by molar-refractivity contribution is 0.574. The summed E-state index contributed by atoms with van der Waals surface area (Å²) in [6, 6.07) is 5.70. The Hall–Kier alpha value is -2.30. The molecule has 0 radical (unpaired) electrons. The maximum absolute atomic E-state index is 13.3.